The molecule has 0 heterocycles. The molecule has 5 nitrogen and oxygen atoms in total. The number of rotatable bonds is 13. The lowest BCUT2D eigenvalue weighted by atomic mass is 10.2. The summed E-state index contributed by atoms with van der Waals surface area (Å²) in [7, 11) is 1.66. The van der Waals surface area contributed by atoms with Crippen LogP contribution in [0.5, 0.6) is 0 Å². The van der Waals surface area contributed by atoms with Crippen molar-refractivity contribution in [2.45, 2.75) is 25.8 Å². The van der Waals surface area contributed by atoms with Gasteiger partial charge in [0.15, 0.2) is 0 Å². The van der Waals surface area contributed by atoms with Gasteiger partial charge in [-0.3, -0.25) is 0 Å². The standard InChI is InChI=1S/C12H27NO4/c1-3-13-12(5-6-14)11-17-8-4-7-16-10-9-15-2/h12-14H,3-11H2,1-2H3. The molecule has 0 saturated heterocycles. The van der Waals surface area contributed by atoms with Gasteiger partial charge in [-0.2, -0.15) is 0 Å². The minimum absolute atomic E-state index is 0.196. The summed E-state index contributed by atoms with van der Waals surface area (Å²) in [6.07, 6.45) is 1.62. The largest absolute Gasteiger partial charge is 0.396 e. The van der Waals surface area contributed by atoms with Crippen LogP contribution >= 0.6 is 0 Å². The highest BCUT2D eigenvalue weighted by molar-refractivity contribution is 4.64. The second-order valence-corrected chi connectivity index (χ2v) is 3.80. The Kier molecular flexibility index (Phi) is 13.7. The maximum atomic E-state index is 8.86. The van der Waals surface area contributed by atoms with E-state index in [9.17, 15) is 0 Å². The minimum atomic E-state index is 0.196. The third-order valence-electron chi connectivity index (χ3n) is 2.30. The molecule has 0 fully saturated rings. The van der Waals surface area contributed by atoms with E-state index in [0.29, 0.717) is 33.0 Å². The predicted molar refractivity (Wildman–Crippen MR) is 67.3 cm³/mol. The third-order valence-corrected chi connectivity index (χ3v) is 2.30. The maximum Gasteiger partial charge on any atom is 0.0700 e. The molecule has 2 N–H and O–H groups in total. The molecule has 5 heteroatoms. The fraction of sp³-hybridized carbons (Fsp3) is 1.00. The van der Waals surface area contributed by atoms with E-state index < -0.39 is 0 Å². The highest BCUT2D eigenvalue weighted by atomic mass is 16.5. The van der Waals surface area contributed by atoms with Gasteiger partial charge >= 0.3 is 0 Å². The summed E-state index contributed by atoms with van der Waals surface area (Å²) in [5.41, 5.74) is 0. The topological polar surface area (TPSA) is 60.0 Å². The van der Waals surface area contributed by atoms with E-state index in [4.69, 9.17) is 19.3 Å². The number of nitrogens with one attached hydrogen (secondary N) is 1. The minimum Gasteiger partial charge on any atom is -0.396 e. The lowest BCUT2D eigenvalue weighted by Gasteiger charge is -2.16. The van der Waals surface area contributed by atoms with E-state index in [1.807, 2.05) is 6.92 Å². The molecule has 1 atom stereocenters. The Morgan fingerprint density at radius 2 is 1.88 bits per heavy atom. The summed E-state index contributed by atoms with van der Waals surface area (Å²) in [5.74, 6) is 0. The van der Waals surface area contributed by atoms with Crippen LogP contribution in [0.4, 0.5) is 0 Å². The fourth-order valence-corrected chi connectivity index (χ4v) is 1.42. The lowest BCUT2D eigenvalue weighted by Crippen LogP contribution is -2.34. The highest BCUT2D eigenvalue weighted by Gasteiger charge is 2.05. The normalized spacial score (nSPS) is 12.9. The third kappa shape index (κ3) is 12.1. The molecule has 0 aliphatic rings. The Hall–Kier alpha value is -0.200. The Morgan fingerprint density at radius 3 is 2.53 bits per heavy atom. The summed E-state index contributed by atoms with van der Waals surface area (Å²) < 4.78 is 15.7. The molecule has 0 bridgehead atoms. The number of ether oxygens (including phenoxy) is 3. The predicted octanol–water partition coefficient (Wildman–Crippen LogP) is 0.417. The molecule has 0 aromatic heterocycles. The van der Waals surface area contributed by atoms with Gasteiger partial charge in [0, 0.05) is 33.0 Å². The van der Waals surface area contributed by atoms with Crippen molar-refractivity contribution in [3.05, 3.63) is 0 Å². The number of aliphatic hydroxyl groups excluding tert-OH is 1. The molecule has 0 aliphatic heterocycles. The van der Waals surface area contributed by atoms with Gasteiger partial charge in [0.2, 0.25) is 0 Å². The lowest BCUT2D eigenvalue weighted by molar-refractivity contribution is 0.0460. The summed E-state index contributed by atoms with van der Waals surface area (Å²) in [4.78, 5) is 0. The number of likely N-dealkylation sites (N-methyl/N-ethyl adjacent to an activating group) is 1. The molecule has 0 amide bonds. The Morgan fingerprint density at radius 1 is 1.12 bits per heavy atom. The van der Waals surface area contributed by atoms with E-state index in [0.717, 1.165) is 19.4 Å². The van der Waals surface area contributed by atoms with Gasteiger partial charge in [-0.15, -0.1) is 0 Å². The first kappa shape index (κ1) is 16.8. The quantitative estimate of drug-likeness (QED) is 0.463. The molecular weight excluding hydrogens is 222 g/mol. The average Bonchev–Trinajstić information content (AvgIpc) is 2.33. The summed E-state index contributed by atoms with van der Waals surface area (Å²) in [6.45, 7) is 6.46. The van der Waals surface area contributed by atoms with Crippen LogP contribution in [-0.2, 0) is 14.2 Å². The molecule has 104 valence electrons. The molecule has 0 aromatic carbocycles. The van der Waals surface area contributed by atoms with Gasteiger partial charge in [-0.05, 0) is 19.4 Å². The highest BCUT2D eigenvalue weighted by Crippen LogP contribution is 1.94. The molecule has 17 heavy (non-hydrogen) atoms. The smallest absolute Gasteiger partial charge is 0.0700 e. The number of aliphatic hydroxyl groups is 1. The average molecular weight is 249 g/mol. The van der Waals surface area contributed by atoms with Crippen LogP contribution in [0.2, 0.25) is 0 Å². The second kappa shape index (κ2) is 13.9. The summed E-state index contributed by atoms with van der Waals surface area (Å²) in [6, 6.07) is 0.249. The van der Waals surface area contributed by atoms with Crippen molar-refractivity contribution in [1.82, 2.24) is 5.32 Å². The molecule has 0 rings (SSSR count). The van der Waals surface area contributed by atoms with E-state index in [1.165, 1.54) is 0 Å². The van der Waals surface area contributed by atoms with Crippen molar-refractivity contribution < 1.29 is 19.3 Å². The van der Waals surface area contributed by atoms with Gasteiger partial charge in [-0.1, -0.05) is 6.92 Å². The molecule has 0 aliphatic carbocycles. The Bertz CT molecular complexity index is 140. The number of hydrogen-bond acceptors (Lipinski definition) is 5. The van der Waals surface area contributed by atoms with E-state index >= 15 is 0 Å². The molecule has 0 spiro atoms. The first-order valence-electron chi connectivity index (χ1n) is 6.33. The van der Waals surface area contributed by atoms with Crippen molar-refractivity contribution >= 4 is 0 Å². The van der Waals surface area contributed by atoms with Gasteiger partial charge < -0.3 is 24.6 Å². The molecule has 0 aromatic rings. The van der Waals surface area contributed by atoms with Crippen LogP contribution in [0.1, 0.15) is 19.8 Å². The number of hydrogen-bond donors (Lipinski definition) is 2. The van der Waals surface area contributed by atoms with Crippen molar-refractivity contribution in [2.75, 3.05) is 53.3 Å². The van der Waals surface area contributed by atoms with E-state index in [1.54, 1.807) is 7.11 Å². The van der Waals surface area contributed by atoms with E-state index in [2.05, 4.69) is 5.32 Å². The van der Waals surface area contributed by atoms with Crippen LogP contribution in [0.25, 0.3) is 0 Å². The summed E-state index contributed by atoms with van der Waals surface area (Å²) in [5, 5.41) is 12.1. The molecule has 0 saturated carbocycles. The Labute approximate surface area is 104 Å². The van der Waals surface area contributed by atoms with Gasteiger partial charge in [-0.25, -0.2) is 0 Å². The zero-order valence-electron chi connectivity index (χ0n) is 11.1. The van der Waals surface area contributed by atoms with Crippen LogP contribution < -0.4 is 5.32 Å². The van der Waals surface area contributed by atoms with Gasteiger partial charge in [0.1, 0.15) is 0 Å². The molecule has 1 unspecified atom stereocenters. The van der Waals surface area contributed by atoms with Crippen molar-refractivity contribution in [2.24, 2.45) is 0 Å². The van der Waals surface area contributed by atoms with Gasteiger partial charge in [0.25, 0.3) is 0 Å². The first-order valence-corrected chi connectivity index (χ1v) is 6.33. The van der Waals surface area contributed by atoms with Crippen LogP contribution in [-0.4, -0.2) is 64.4 Å². The molecule has 0 radical (unpaired) electrons. The van der Waals surface area contributed by atoms with Crippen molar-refractivity contribution in [3.63, 3.8) is 0 Å². The number of methoxy groups -OCH3 is 1. The fourth-order valence-electron chi connectivity index (χ4n) is 1.42. The maximum absolute atomic E-state index is 8.86. The SMILES string of the molecule is CCNC(CCO)COCCCOCCOC. The van der Waals surface area contributed by atoms with E-state index in [-0.39, 0.29) is 12.6 Å². The zero-order valence-corrected chi connectivity index (χ0v) is 11.1. The Balaban J connectivity index is 3.23. The molecular formula is C12H27NO4. The zero-order chi connectivity index (χ0) is 12.8. The second-order valence-electron chi connectivity index (χ2n) is 3.80. The first-order chi connectivity index (χ1) is 8.35. The summed E-state index contributed by atoms with van der Waals surface area (Å²) >= 11 is 0. The van der Waals surface area contributed by atoms with Crippen LogP contribution in [0, 0.1) is 0 Å². The monoisotopic (exact) mass is 249 g/mol. The van der Waals surface area contributed by atoms with Gasteiger partial charge in [0.05, 0.1) is 19.8 Å². The van der Waals surface area contributed by atoms with Crippen LogP contribution in [0.15, 0.2) is 0 Å². The van der Waals surface area contributed by atoms with Crippen molar-refractivity contribution in [3.8, 4) is 0 Å². The van der Waals surface area contributed by atoms with Crippen LogP contribution in [0.3, 0.4) is 0 Å². The van der Waals surface area contributed by atoms with Crippen molar-refractivity contribution in [1.29, 1.82) is 0 Å².